The summed E-state index contributed by atoms with van der Waals surface area (Å²) >= 11 is 1.93. The normalized spacial score (nSPS) is 16.4. The lowest BCUT2D eigenvalue weighted by Crippen LogP contribution is -2.33. The summed E-state index contributed by atoms with van der Waals surface area (Å²) in [5.74, 6) is 5.19. The second-order valence-corrected chi connectivity index (χ2v) is 6.36. The molecule has 1 saturated heterocycles. The molecule has 0 radical (unpaired) electrons. The minimum Gasteiger partial charge on any atom is -0.454 e. The average Bonchev–Trinajstić information content (AvgIpc) is 3.05. The first-order chi connectivity index (χ1) is 11.3. The van der Waals surface area contributed by atoms with Crippen LogP contribution < -0.4 is 24.8 Å². The highest BCUT2D eigenvalue weighted by Gasteiger charge is 2.20. The van der Waals surface area contributed by atoms with E-state index < -0.39 is 0 Å². The molecule has 7 nitrogen and oxygen atoms in total. The van der Waals surface area contributed by atoms with Crippen LogP contribution in [0.3, 0.4) is 0 Å². The highest BCUT2D eigenvalue weighted by atomic mass is 32.2. The maximum Gasteiger partial charge on any atom is 0.248 e. The second-order valence-electron chi connectivity index (χ2n) is 5.13. The molecule has 2 aliphatic rings. The van der Waals surface area contributed by atoms with Crippen LogP contribution >= 0.6 is 11.8 Å². The van der Waals surface area contributed by atoms with Gasteiger partial charge in [-0.1, -0.05) is 0 Å². The Labute approximate surface area is 137 Å². The van der Waals surface area contributed by atoms with Crippen molar-refractivity contribution in [3.8, 4) is 23.1 Å². The summed E-state index contributed by atoms with van der Waals surface area (Å²) in [4.78, 5) is 10.6. The van der Waals surface area contributed by atoms with E-state index in [0.717, 1.165) is 30.4 Å². The van der Waals surface area contributed by atoms with E-state index in [1.807, 2.05) is 11.8 Å². The fraction of sp³-hybridized carbons (Fsp3) is 0.333. The highest BCUT2D eigenvalue weighted by molar-refractivity contribution is 7.99. The molecule has 0 spiro atoms. The van der Waals surface area contributed by atoms with Crippen LogP contribution in [-0.2, 0) is 0 Å². The first-order valence-corrected chi connectivity index (χ1v) is 8.47. The fourth-order valence-electron chi connectivity index (χ4n) is 2.53. The van der Waals surface area contributed by atoms with Crippen molar-refractivity contribution >= 4 is 23.3 Å². The third kappa shape index (κ3) is 2.81. The van der Waals surface area contributed by atoms with Crippen molar-refractivity contribution in [2.24, 2.45) is 0 Å². The predicted molar refractivity (Wildman–Crippen MR) is 88.6 cm³/mol. The van der Waals surface area contributed by atoms with Gasteiger partial charge in [0.05, 0.1) is 0 Å². The van der Waals surface area contributed by atoms with Gasteiger partial charge in [-0.15, -0.1) is 0 Å². The van der Waals surface area contributed by atoms with E-state index in [9.17, 15) is 0 Å². The monoisotopic (exact) mass is 332 g/mol. The van der Waals surface area contributed by atoms with Crippen LogP contribution in [0, 0.1) is 0 Å². The minimum absolute atomic E-state index is 0.228. The van der Waals surface area contributed by atoms with Crippen molar-refractivity contribution < 1.29 is 14.2 Å². The summed E-state index contributed by atoms with van der Waals surface area (Å²) in [6.07, 6.45) is 1.48. The number of anilines is 2. The third-order valence-electron chi connectivity index (χ3n) is 3.70. The van der Waals surface area contributed by atoms with E-state index in [0.29, 0.717) is 28.8 Å². The van der Waals surface area contributed by atoms with Crippen molar-refractivity contribution in [3.05, 3.63) is 24.5 Å². The number of nitrogens with zero attached hydrogens (tertiary/aromatic N) is 3. The Morgan fingerprint density at radius 2 is 1.96 bits per heavy atom. The molecule has 3 heterocycles. The molecule has 0 atom stereocenters. The van der Waals surface area contributed by atoms with Gasteiger partial charge in [0.2, 0.25) is 12.7 Å². The molecule has 0 amide bonds. The number of nitrogens with two attached hydrogens (primary N) is 1. The van der Waals surface area contributed by atoms with Crippen LogP contribution in [-0.4, -0.2) is 41.4 Å². The zero-order valence-corrected chi connectivity index (χ0v) is 13.2. The van der Waals surface area contributed by atoms with Gasteiger partial charge in [0.25, 0.3) is 0 Å². The van der Waals surface area contributed by atoms with Gasteiger partial charge in [0, 0.05) is 30.7 Å². The predicted octanol–water partition coefficient (Wildman–Crippen LogP) is 2.13. The Morgan fingerprint density at radius 1 is 1.13 bits per heavy atom. The molecule has 1 fully saturated rings. The molecule has 8 heteroatoms. The van der Waals surface area contributed by atoms with Gasteiger partial charge in [-0.05, 0) is 12.1 Å². The third-order valence-corrected chi connectivity index (χ3v) is 4.64. The van der Waals surface area contributed by atoms with Crippen molar-refractivity contribution in [2.75, 3.05) is 42.0 Å². The average molecular weight is 332 g/mol. The van der Waals surface area contributed by atoms with Crippen molar-refractivity contribution in [1.82, 2.24) is 9.97 Å². The molecule has 2 N–H and O–H groups in total. The number of nitrogen functional groups attached to an aromatic ring is 1. The van der Waals surface area contributed by atoms with Crippen LogP contribution in [0.4, 0.5) is 11.5 Å². The van der Waals surface area contributed by atoms with E-state index in [2.05, 4.69) is 14.9 Å². The van der Waals surface area contributed by atoms with Gasteiger partial charge in [-0.3, -0.25) is 0 Å². The maximum atomic E-state index is 6.22. The molecule has 0 aliphatic carbocycles. The summed E-state index contributed by atoms with van der Waals surface area (Å²) in [7, 11) is 0. The smallest absolute Gasteiger partial charge is 0.248 e. The Hall–Kier alpha value is -2.35. The minimum atomic E-state index is 0.228. The molecule has 1 aromatic carbocycles. The Morgan fingerprint density at radius 3 is 2.83 bits per heavy atom. The molecule has 120 valence electrons. The van der Waals surface area contributed by atoms with E-state index in [1.165, 1.54) is 6.33 Å². The van der Waals surface area contributed by atoms with E-state index in [-0.39, 0.29) is 6.79 Å². The number of benzene rings is 1. The molecular weight excluding hydrogens is 316 g/mol. The summed E-state index contributed by atoms with van der Waals surface area (Å²) in [5, 5.41) is 0. The Kier molecular flexibility index (Phi) is 3.74. The number of hydrogen-bond donors (Lipinski definition) is 1. The quantitative estimate of drug-likeness (QED) is 0.915. The first kappa shape index (κ1) is 14.3. The van der Waals surface area contributed by atoms with Crippen LogP contribution in [0.15, 0.2) is 24.5 Å². The topological polar surface area (TPSA) is 82.7 Å². The molecule has 4 rings (SSSR count). The molecule has 0 bridgehead atoms. The number of thioether (sulfide) groups is 1. The van der Waals surface area contributed by atoms with E-state index in [1.54, 1.807) is 18.2 Å². The van der Waals surface area contributed by atoms with Crippen molar-refractivity contribution in [3.63, 3.8) is 0 Å². The summed E-state index contributed by atoms with van der Waals surface area (Å²) in [5.41, 5.74) is 6.68. The summed E-state index contributed by atoms with van der Waals surface area (Å²) in [6.45, 7) is 2.08. The molecule has 2 aliphatic heterocycles. The SMILES string of the molecule is Nc1c(Oc2ccc3c(c2)OCO3)ncnc1N1CCSCC1. The number of hydrogen-bond acceptors (Lipinski definition) is 8. The van der Waals surface area contributed by atoms with Crippen molar-refractivity contribution in [1.29, 1.82) is 0 Å². The zero-order valence-electron chi connectivity index (χ0n) is 12.4. The van der Waals surface area contributed by atoms with Crippen LogP contribution in [0.5, 0.6) is 23.1 Å². The second kappa shape index (κ2) is 6.04. The first-order valence-electron chi connectivity index (χ1n) is 7.32. The number of aromatic nitrogens is 2. The molecule has 23 heavy (non-hydrogen) atoms. The molecular formula is C15H16N4O3S. The van der Waals surface area contributed by atoms with Gasteiger partial charge in [-0.25, -0.2) is 4.98 Å². The van der Waals surface area contributed by atoms with E-state index in [4.69, 9.17) is 19.9 Å². The van der Waals surface area contributed by atoms with Crippen LogP contribution in [0.2, 0.25) is 0 Å². The lowest BCUT2D eigenvalue weighted by molar-refractivity contribution is 0.174. The Balaban J connectivity index is 1.59. The maximum absolute atomic E-state index is 6.22. The van der Waals surface area contributed by atoms with Gasteiger partial charge in [0.1, 0.15) is 17.8 Å². The van der Waals surface area contributed by atoms with Gasteiger partial charge in [-0.2, -0.15) is 16.7 Å². The van der Waals surface area contributed by atoms with Crippen LogP contribution in [0.1, 0.15) is 0 Å². The van der Waals surface area contributed by atoms with Crippen LogP contribution in [0.25, 0.3) is 0 Å². The lowest BCUT2D eigenvalue weighted by atomic mass is 10.3. The zero-order chi connectivity index (χ0) is 15.6. The number of rotatable bonds is 3. The molecule has 0 unspecified atom stereocenters. The standard InChI is InChI=1S/C15H16N4O3S/c16-13-14(19-3-5-23-6-4-19)17-8-18-15(13)22-10-1-2-11-12(7-10)21-9-20-11/h1-2,7-8H,3-6,9,16H2. The van der Waals surface area contributed by atoms with Gasteiger partial charge < -0.3 is 24.8 Å². The fourth-order valence-corrected chi connectivity index (χ4v) is 3.43. The molecule has 0 saturated carbocycles. The number of fused-ring (bicyclic) bond motifs is 1. The largest absolute Gasteiger partial charge is 0.454 e. The van der Waals surface area contributed by atoms with Gasteiger partial charge >= 0.3 is 0 Å². The lowest BCUT2D eigenvalue weighted by Gasteiger charge is -2.28. The molecule has 1 aromatic heterocycles. The van der Waals surface area contributed by atoms with Crippen molar-refractivity contribution in [2.45, 2.75) is 0 Å². The van der Waals surface area contributed by atoms with Gasteiger partial charge in [0.15, 0.2) is 17.3 Å². The summed E-state index contributed by atoms with van der Waals surface area (Å²) < 4.78 is 16.5. The number of ether oxygens (including phenoxy) is 3. The molecule has 2 aromatic rings. The Bertz CT molecular complexity index is 722. The summed E-state index contributed by atoms with van der Waals surface area (Å²) in [6, 6.07) is 5.37. The highest BCUT2D eigenvalue weighted by Crippen LogP contribution is 2.38. The van der Waals surface area contributed by atoms with E-state index >= 15 is 0 Å².